The van der Waals surface area contributed by atoms with E-state index in [1.807, 2.05) is 0 Å². The van der Waals surface area contributed by atoms with Crippen LogP contribution in [0.2, 0.25) is 0 Å². The molecular weight excluding hydrogens is 294 g/mol. The fourth-order valence-corrected chi connectivity index (χ4v) is 3.45. The molecule has 0 saturated heterocycles. The van der Waals surface area contributed by atoms with Gasteiger partial charge in [0.2, 0.25) is 0 Å². The Hall–Kier alpha value is -0.740. The summed E-state index contributed by atoms with van der Waals surface area (Å²) in [6.45, 7) is 2.77. The molecule has 1 fully saturated rings. The quantitative estimate of drug-likeness (QED) is 0.928. The van der Waals surface area contributed by atoms with Crippen LogP contribution < -0.4 is 15.2 Å². The van der Waals surface area contributed by atoms with Crippen molar-refractivity contribution in [1.82, 2.24) is 0 Å². The van der Waals surface area contributed by atoms with Crippen molar-refractivity contribution in [2.75, 3.05) is 20.8 Å². The van der Waals surface area contributed by atoms with Crippen LogP contribution >= 0.6 is 15.9 Å². The molecule has 0 spiro atoms. The largest absolute Gasteiger partial charge is 0.493 e. The van der Waals surface area contributed by atoms with Crippen molar-refractivity contribution in [3.8, 4) is 11.5 Å². The van der Waals surface area contributed by atoms with Gasteiger partial charge in [-0.25, -0.2) is 0 Å². The van der Waals surface area contributed by atoms with Crippen molar-refractivity contribution >= 4 is 15.9 Å². The summed E-state index contributed by atoms with van der Waals surface area (Å²) >= 11 is 3.56. The Morgan fingerprint density at radius 2 is 1.89 bits per heavy atom. The third kappa shape index (κ3) is 1.91. The lowest BCUT2D eigenvalue weighted by atomic mass is 9.63. The highest BCUT2D eigenvalue weighted by molar-refractivity contribution is 9.10. The molecule has 0 heterocycles. The van der Waals surface area contributed by atoms with E-state index in [2.05, 4.69) is 28.9 Å². The Kier molecular flexibility index (Phi) is 3.87. The van der Waals surface area contributed by atoms with Crippen LogP contribution in [0.15, 0.2) is 10.5 Å². The Morgan fingerprint density at radius 1 is 1.28 bits per heavy atom. The van der Waals surface area contributed by atoms with Gasteiger partial charge in [-0.3, -0.25) is 0 Å². The molecule has 0 aliphatic heterocycles. The fourth-order valence-electron chi connectivity index (χ4n) is 2.88. The average Bonchev–Trinajstić information content (AvgIpc) is 2.31. The van der Waals surface area contributed by atoms with Gasteiger partial charge in [0.15, 0.2) is 11.5 Å². The molecule has 1 saturated carbocycles. The summed E-state index contributed by atoms with van der Waals surface area (Å²) in [5, 5.41) is 0. The van der Waals surface area contributed by atoms with Gasteiger partial charge in [-0.1, -0.05) is 6.42 Å². The van der Waals surface area contributed by atoms with Crippen molar-refractivity contribution in [2.24, 2.45) is 5.73 Å². The molecule has 4 heteroatoms. The lowest BCUT2D eigenvalue weighted by molar-refractivity contribution is 0.249. The van der Waals surface area contributed by atoms with E-state index < -0.39 is 0 Å². The molecule has 2 rings (SSSR count). The monoisotopic (exact) mass is 313 g/mol. The molecule has 1 aromatic rings. The minimum atomic E-state index is 0.131. The van der Waals surface area contributed by atoms with Crippen molar-refractivity contribution in [3.05, 3.63) is 21.7 Å². The van der Waals surface area contributed by atoms with E-state index in [-0.39, 0.29) is 5.41 Å². The molecule has 0 atom stereocenters. The number of methoxy groups -OCH3 is 2. The zero-order valence-electron chi connectivity index (χ0n) is 11.2. The maximum absolute atomic E-state index is 5.99. The van der Waals surface area contributed by atoms with E-state index >= 15 is 0 Å². The topological polar surface area (TPSA) is 44.5 Å². The molecule has 1 aromatic carbocycles. The Bertz CT molecular complexity index is 450. The number of hydrogen-bond acceptors (Lipinski definition) is 3. The highest BCUT2D eigenvalue weighted by atomic mass is 79.9. The second kappa shape index (κ2) is 5.10. The molecule has 18 heavy (non-hydrogen) atoms. The Balaban J connectivity index is 2.59. The lowest BCUT2D eigenvalue weighted by Gasteiger charge is -2.43. The van der Waals surface area contributed by atoms with E-state index in [1.54, 1.807) is 14.2 Å². The highest BCUT2D eigenvalue weighted by Gasteiger charge is 2.39. The average molecular weight is 314 g/mol. The summed E-state index contributed by atoms with van der Waals surface area (Å²) in [5.41, 5.74) is 8.56. The van der Waals surface area contributed by atoms with Crippen LogP contribution in [0.1, 0.15) is 30.4 Å². The summed E-state index contributed by atoms with van der Waals surface area (Å²) in [6, 6.07) is 2.14. The molecule has 0 unspecified atom stereocenters. The molecule has 0 aromatic heterocycles. The fraction of sp³-hybridized carbons (Fsp3) is 0.571. The van der Waals surface area contributed by atoms with E-state index in [4.69, 9.17) is 15.2 Å². The van der Waals surface area contributed by atoms with Crippen molar-refractivity contribution in [3.63, 3.8) is 0 Å². The molecule has 0 bridgehead atoms. The maximum atomic E-state index is 5.99. The van der Waals surface area contributed by atoms with Crippen LogP contribution in [0.25, 0.3) is 0 Å². The molecule has 2 N–H and O–H groups in total. The van der Waals surface area contributed by atoms with E-state index in [1.165, 1.54) is 12.0 Å². The summed E-state index contributed by atoms with van der Waals surface area (Å²) < 4.78 is 11.8. The number of halogens is 1. The third-order valence-electron chi connectivity index (χ3n) is 4.12. The molecule has 100 valence electrons. The summed E-state index contributed by atoms with van der Waals surface area (Å²) in [4.78, 5) is 0. The zero-order chi connectivity index (χ0) is 13.3. The first-order chi connectivity index (χ1) is 8.59. The minimum Gasteiger partial charge on any atom is -0.493 e. The number of nitrogens with two attached hydrogens (primary N) is 1. The van der Waals surface area contributed by atoms with Gasteiger partial charge in [-0.15, -0.1) is 0 Å². The molecule has 0 radical (unpaired) electrons. The van der Waals surface area contributed by atoms with Crippen LogP contribution in [0, 0.1) is 6.92 Å². The van der Waals surface area contributed by atoms with Crippen LogP contribution in [-0.2, 0) is 5.41 Å². The zero-order valence-corrected chi connectivity index (χ0v) is 12.8. The molecule has 0 amide bonds. The van der Waals surface area contributed by atoms with E-state index in [9.17, 15) is 0 Å². The third-order valence-corrected chi connectivity index (χ3v) is 4.71. The van der Waals surface area contributed by atoms with Gasteiger partial charge in [-0.05, 0) is 52.9 Å². The van der Waals surface area contributed by atoms with Gasteiger partial charge in [0.05, 0.1) is 18.7 Å². The highest BCUT2D eigenvalue weighted by Crippen LogP contribution is 2.49. The van der Waals surface area contributed by atoms with Gasteiger partial charge in [0, 0.05) is 12.0 Å². The number of hydrogen-bond donors (Lipinski definition) is 1. The van der Waals surface area contributed by atoms with Crippen molar-refractivity contribution in [2.45, 2.75) is 31.6 Å². The molecule has 1 aliphatic rings. The first kappa shape index (κ1) is 13.7. The first-order valence-corrected chi connectivity index (χ1v) is 7.00. The predicted molar refractivity (Wildman–Crippen MR) is 76.6 cm³/mol. The van der Waals surface area contributed by atoms with Crippen LogP contribution in [0.4, 0.5) is 0 Å². The predicted octanol–water partition coefficient (Wildman–Crippen LogP) is 3.16. The minimum absolute atomic E-state index is 0.131. The standard InChI is InChI=1S/C14H20BrNO2/c1-9-10(14(8-16)5-4-6-14)7-11(15)13(18-3)12(9)17-2/h7H,4-6,8,16H2,1-3H3. The second-order valence-corrected chi connectivity index (χ2v) is 5.79. The molecular formula is C14H20BrNO2. The van der Waals surface area contributed by atoms with Gasteiger partial charge in [0.25, 0.3) is 0 Å². The number of rotatable bonds is 4. The van der Waals surface area contributed by atoms with E-state index in [0.717, 1.165) is 34.4 Å². The second-order valence-electron chi connectivity index (χ2n) is 4.94. The van der Waals surface area contributed by atoms with Gasteiger partial charge < -0.3 is 15.2 Å². The summed E-state index contributed by atoms with van der Waals surface area (Å²) in [5.74, 6) is 1.56. The Morgan fingerprint density at radius 3 is 2.28 bits per heavy atom. The van der Waals surface area contributed by atoms with Gasteiger partial charge in [0.1, 0.15) is 0 Å². The number of ether oxygens (including phenoxy) is 2. The Labute approximate surface area is 117 Å². The van der Waals surface area contributed by atoms with Crippen molar-refractivity contribution < 1.29 is 9.47 Å². The SMILES string of the molecule is COc1c(Br)cc(C2(CN)CCC2)c(C)c1OC. The smallest absolute Gasteiger partial charge is 0.175 e. The van der Waals surface area contributed by atoms with E-state index in [0.29, 0.717) is 6.54 Å². The van der Waals surface area contributed by atoms with Crippen LogP contribution in [-0.4, -0.2) is 20.8 Å². The normalized spacial score (nSPS) is 17.2. The maximum Gasteiger partial charge on any atom is 0.175 e. The van der Waals surface area contributed by atoms with Crippen molar-refractivity contribution in [1.29, 1.82) is 0 Å². The number of benzene rings is 1. The summed E-state index contributed by atoms with van der Waals surface area (Å²) in [6.07, 6.45) is 3.57. The van der Waals surface area contributed by atoms with Gasteiger partial charge in [-0.2, -0.15) is 0 Å². The summed E-state index contributed by atoms with van der Waals surface area (Å²) in [7, 11) is 3.33. The van der Waals surface area contributed by atoms with Gasteiger partial charge >= 0.3 is 0 Å². The molecule has 1 aliphatic carbocycles. The first-order valence-electron chi connectivity index (χ1n) is 6.21. The lowest BCUT2D eigenvalue weighted by Crippen LogP contribution is -2.42. The van der Waals surface area contributed by atoms with Crippen LogP contribution in [0.5, 0.6) is 11.5 Å². The molecule has 3 nitrogen and oxygen atoms in total. The van der Waals surface area contributed by atoms with Crippen LogP contribution in [0.3, 0.4) is 0 Å².